The molecule has 17 heavy (non-hydrogen) atoms. The average molecular weight is 246 g/mol. The largest absolute Gasteiger partial charge is 0.342 e. The highest BCUT2D eigenvalue weighted by molar-refractivity contribution is 7.71. The second kappa shape index (κ2) is 4.41. The van der Waals surface area contributed by atoms with Gasteiger partial charge in [-0.25, -0.2) is 9.97 Å². The van der Waals surface area contributed by atoms with Gasteiger partial charge in [-0.2, -0.15) is 0 Å². The average Bonchev–Trinajstić information content (AvgIpc) is 2.75. The molecule has 0 saturated carbocycles. The fraction of sp³-hybridized carbons (Fsp3) is 0.417. The van der Waals surface area contributed by atoms with E-state index in [-0.39, 0.29) is 0 Å². The molecular formula is C12H14N4S. The van der Waals surface area contributed by atoms with Crippen molar-refractivity contribution in [3.63, 3.8) is 0 Å². The van der Waals surface area contributed by atoms with Gasteiger partial charge in [0.25, 0.3) is 0 Å². The van der Waals surface area contributed by atoms with Crippen LogP contribution in [0.5, 0.6) is 0 Å². The van der Waals surface area contributed by atoms with Crippen LogP contribution in [0.3, 0.4) is 0 Å². The van der Waals surface area contributed by atoms with Crippen molar-refractivity contribution in [1.29, 1.82) is 0 Å². The Morgan fingerprint density at radius 2 is 2.00 bits per heavy atom. The maximum absolute atomic E-state index is 5.39. The van der Waals surface area contributed by atoms with E-state index in [9.17, 15) is 0 Å². The van der Waals surface area contributed by atoms with E-state index in [4.69, 9.17) is 12.2 Å². The summed E-state index contributed by atoms with van der Waals surface area (Å²) in [5.41, 5.74) is 2.47. The number of fused-ring (bicyclic) bond motifs is 1. The molecule has 0 atom stereocenters. The first kappa shape index (κ1) is 10.7. The molecule has 2 aromatic heterocycles. The van der Waals surface area contributed by atoms with Gasteiger partial charge in [0.15, 0.2) is 11.6 Å². The van der Waals surface area contributed by atoms with Crippen molar-refractivity contribution in [1.82, 2.24) is 19.9 Å². The molecule has 0 amide bonds. The van der Waals surface area contributed by atoms with E-state index in [1.165, 1.54) is 30.5 Å². The number of aromatic nitrogens is 4. The molecule has 3 rings (SSSR count). The Hall–Kier alpha value is -1.49. The van der Waals surface area contributed by atoms with Gasteiger partial charge in [-0.3, -0.25) is 0 Å². The number of nitrogens with zero attached hydrogens (tertiary/aromatic N) is 2. The van der Waals surface area contributed by atoms with E-state index < -0.39 is 0 Å². The highest BCUT2D eigenvalue weighted by atomic mass is 32.1. The zero-order valence-electron chi connectivity index (χ0n) is 9.49. The molecule has 0 saturated heterocycles. The molecule has 2 heterocycles. The van der Waals surface area contributed by atoms with Gasteiger partial charge in [0, 0.05) is 23.7 Å². The van der Waals surface area contributed by atoms with E-state index in [0.29, 0.717) is 0 Å². The van der Waals surface area contributed by atoms with Gasteiger partial charge in [-0.15, -0.1) is 0 Å². The standard InChI is InChI=1S/C12H14N4S/c17-12-8-4-2-1-3-5-9(8)15-11(16-12)10-13-6-7-14-10/h6-7H,1-5H2,(H,13,14)(H,15,16,17). The fourth-order valence-electron chi connectivity index (χ4n) is 2.30. The molecule has 5 heteroatoms. The van der Waals surface area contributed by atoms with E-state index in [0.717, 1.165) is 29.1 Å². The topological polar surface area (TPSA) is 57.4 Å². The third kappa shape index (κ3) is 2.02. The molecule has 1 aliphatic carbocycles. The van der Waals surface area contributed by atoms with Crippen LogP contribution in [0.15, 0.2) is 12.4 Å². The molecule has 1 aliphatic rings. The highest BCUT2D eigenvalue weighted by Crippen LogP contribution is 2.21. The normalized spacial score (nSPS) is 15.3. The van der Waals surface area contributed by atoms with Gasteiger partial charge in [0.2, 0.25) is 0 Å². The van der Waals surface area contributed by atoms with E-state index >= 15 is 0 Å². The minimum Gasteiger partial charge on any atom is -0.342 e. The van der Waals surface area contributed by atoms with Crippen LogP contribution in [-0.4, -0.2) is 19.9 Å². The first-order chi connectivity index (χ1) is 8.34. The maximum atomic E-state index is 5.39. The summed E-state index contributed by atoms with van der Waals surface area (Å²) in [4.78, 5) is 15.1. The summed E-state index contributed by atoms with van der Waals surface area (Å²) in [5, 5.41) is 0. The number of rotatable bonds is 1. The Balaban J connectivity index is 2.12. The van der Waals surface area contributed by atoms with Crippen LogP contribution in [0.25, 0.3) is 11.6 Å². The van der Waals surface area contributed by atoms with E-state index in [1.54, 1.807) is 12.4 Å². The summed E-state index contributed by atoms with van der Waals surface area (Å²) in [6, 6.07) is 0. The van der Waals surface area contributed by atoms with Gasteiger partial charge < -0.3 is 9.97 Å². The van der Waals surface area contributed by atoms with E-state index in [1.807, 2.05) is 0 Å². The lowest BCUT2D eigenvalue weighted by Gasteiger charge is -2.07. The Kier molecular flexibility index (Phi) is 2.76. The van der Waals surface area contributed by atoms with Gasteiger partial charge in [0.05, 0.1) is 0 Å². The van der Waals surface area contributed by atoms with Crippen molar-refractivity contribution in [2.45, 2.75) is 32.1 Å². The number of nitrogens with one attached hydrogen (secondary N) is 2. The fourth-order valence-corrected chi connectivity index (χ4v) is 2.62. The van der Waals surface area contributed by atoms with Gasteiger partial charge in [-0.05, 0) is 25.7 Å². The summed E-state index contributed by atoms with van der Waals surface area (Å²) in [7, 11) is 0. The molecule has 4 nitrogen and oxygen atoms in total. The summed E-state index contributed by atoms with van der Waals surface area (Å²) < 4.78 is 0.729. The first-order valence-corrected chi connectivity index (χ1v) is 6.37. The maximum Gasteiger partial charge on any atom is 0.175 e. The van der Waals surface area contributed by atoms with Crippen LogP contribution in [-0.2, 0) is 12.8 Å². The molecule has 0 aromatic carbocycles. The number of imidazole rings is 1. The first-order valence-electron chi connectivity index (χ1n) is 5.96. The van der Waals surface area contributed by atoms with Gasteiger partial charge in [-0.1, -0.05) is 18.6 Å². The summed E-state index contributed by atoms with van der Waals surface area (Å²) in [6.07, 6.45) is 9.34. The minimum atomic E-state index is 0.729. The zero-order chi connectivity index (χ0) is 11.7. The number of hydrogen-bond acceptors (Lipinski definition) is 3. The second-order valence-electron chi connectivity index (χ2n) is 4.35. The Bertz CT molecular complexity index is 571. The van der Waals surface area contributed by atoms with Crippen LogP contribution < -0.4 is 0 Å². The third-order valence-corrected chi connectivity index (χ3v) is 3.52. The van der Waals surface area contributed by atoms with Crippen molar-refractivity contribution in [2.24, 2.45) is 0 Å². The number of hydrogen-bond donors (Lipinski definition) is 2. The molecule has 2 N–H and O–H groups in total. The lowest BCUT2D eigenvalue weighted by molar-refractivity contribution is 0.708. The predicted molar refractivity (Wildman–Crippen MR) is 68.3 cm³/mol. The lowest BCUT2D eigenvalue weighted by atomic mass is 10.1. The van der Waals surface area contributed by atoms with Crippen LogP contribution in [0, 0.1) is 4.64 Å². The van der Waals surface area contributed by atoms with Crippen molar-refractivity contribution in [3.8, 4) is 11.6 Å². The van der Waals surface area contributed by atoms with Crippen LogP contribution in [0.2, 0.25) is 0 Å². The predicted octanol–water partition coefficient (Wildman–Crippen LogP) is 2.80. The smallest absolute Gasteiger partial charge is 0.175 e. The van der Waals surface area contributed by atoms with Crippen LogP contribution >= 0.6 is 12.2 Å². The number of H-pyrrole nitrogens is 2. The summed E-state index contributed by atoms with van der Waals surface area (Å²) in [6.45, 7) is 0. The molecule has 0 fully saturated rings. The van der Waals surface area contributed by atoms with Crippen molar-refractivity contribution < 1.29 is 0 Å². The highest BCUT2D eigenvalue weighted by Gasteiger charge is 2.13. The van der Waals surface area contributed by atoms with E-state index in [2.05, 4.69) is 19.9 Å². The molecule has 0 radical (unpaired) electrons. The van der Waals surface area contributed by atoms with Crippen molar-refractivity contribution >= 4 is 12.2 Å². The molecule has 0 unspecified atom stereocenters. The Labute approximate surface area is 105 Å². The molecule has 2 aromatic rings. The summed E-state index contributed by atoms with van der Waals surface area (Å²) >= 11 is 5.39. The Morgan fingerprint density at radius 1 is 1.12 bits per heavy atom. The number of aromatic amines is 2. The molecule has 0 bridgehead atoms. The van der Waals surface area contributed by atoms with Crippen LogP contribution in [0.1, 0.15) is 30.5 Å². The second-order valence-corrected chi connectivity index (χ2v) is 4.73. The molecule has 0 spiro atoms. The summed E-state index contributed by atoms with van der Waals surface area (Å²) in [5.74, 6) is 1.50. The lowest BCUT2D eigenvalue weighted by Crippen LogP contribution is -2.02. The quantitative estimate of drug-likeness (QED) is 0.601. The molecular weight excluding hydrogens is 232 g/mol. The monoisotopic (exact) mass is 246 g/mol. The number of aryl methyl sites for hydroxylation is 1. The SMILES string of the molecule is S=c1nc(-c2ncc[nH]2)[nH]c2c1CCCCC2. The zero-order valence-corrected chi connectivity index (χ0v) is 10.3. The van der Waals surface area contributed by atoms with Gasteiger partial charge >= 0.3 is 0 Å². The molecule has 88 valence electrons. The van der Waals surface area contributed by atoms with Crippen molar-refractivity contribution in [3.05, 3.63) is 28.3 Å². The van der Waals surface area contributed by atoms with Gasteiger partial charge in [0.1, 0.15) is 4.64 Å². The third-order valence-electron chi connectivity index (χ3n) is 3.18. The van der Waals surface area contributed by atoms with Crippen LogP contribution in [0.4, 0.5) is 0 Å². The Morgan fingerprint density at radius 3 is 2.82 bits per heavy atom. The van der Waals surface area contributed by atoms with Crippen molar-refractivity contribution in [2.75, 3.05) is 0 Å². The molecule has 0 aliphatic heterocycles. The minimum absolute atomic E-state index is 0.729.